The van der Waals surface area contributed by atoms with Gasteiger partial charge in [0, 0.05) is 54.8 Å². The molecule has 2 N–H and O–H groups in total. The first-order chi connectivity index (χ1) is 22.1. The number of aromatic nitrogens is 2. The van der Waals surface area contributed by atoms with Crippen molar-refractivity contribution in [3.05, 3.63) is 112 Å². The summed E-state index contributed by atoms with van der Waals surface area (Å²) in [4.78, 5) is 42.9. The van der Waals surface area contributed by atoms with Crippen LogP contribution in [0, 0.1) is 18.6 Å². The van der Waals surface area contributed by atoms with Crippen LogP contribution < -0.4 is 30.4 Å². The number of pyridine rings is 2. The predicted molar refractivity (Wildman–Crippen MR) is 168 cm³/mol. The van der Waals surface area contributed by atoms with Crippen LogP contribution in [0.25, 0.3) is 16.6 Å². The average Bonchev–Trinajstić information content (AvgIpc) is 3.03. The lowest BCUT2D eigenvalue weighted by atomic mass is 10.0. The lowest BCUT2D eigenvalue weighted by Gasteiger charge is -2.16. The maximum Gasteiger partial charge on any atom is 0.268 e. The Morgan fingerprint density at radius 2 is 1.63 bits per heavy atom. The number of benzene rings is 3. The Hall–Kier alpha value is -5.78. The second-order valence-electron chi connectivity index (χ2n) is 10.3. The fourth-order valence-corrected chi connectivity index (χ4v) is 4.95. The summed E-state index contributed by atoms with van der Waals surface area (Å²) in [5.74, 6) is -1.14. The van der Waals surface area contributed by atoms with Crippen LogP contribution in [-0.2, 0) is 11.2 Å². The molecule has 12 heteroatoms. The number of anilines is 1. The molecule has 0 aliphatic heterocycles. The van der Waals surface area contributed by atoms with Crippen LogP contribution >= 0.6 is 0 Å². The minimum atomic E-state index is -0.771. The number of carbonyl (C=O) groups is 2. The van der Waals surface area contributed by atoms with E-state index >= 15 is 4.39 Å². The molecule has 46 heavy (non-hydrogen) atoms. The fourth-order valence-electron chi connectivity index (χ4n) is 4.95. The zero-order valence-electron chi connectivity index (χ0n) is 25.4. The van der Waals surface area contributed by atoms with Gasteiger partial charge in [0.05, 0.1) is 19.7 Å². The molecule has 0 bridgehead atoms. The summed E-state index contributed by atoms with van der Waals surface area (Å²) in [5.41, 5.74) is 1.13. The van der Waals surface area contributed by atoms with Crippen molar-refractivity contribution in [2.24, 2.45) is 0 Å². The van der Waals surface area contributed by atoms with Gasteiger partial charge in [-0.25, -0.2) is 8.78 Å². The van der Waals surface area contributed by atoms with Gasteiger partial charge < -0.3 is 24.8 Å². The summed E-state index contributed by atoms with van der Waals surface area (Å²) in [5, 5.41) is 5.85. The molecular weight excluding hydrogens is 598 g/mol. The summed E-state index contributed by atoms with van der Waals surface area (Å²) in [7, 11) is 3.00. The third kappa shape index (κ3) is 6.65. The van der Waals surface area contributed by atoms with Gasteiger partial charge in [-0.1, -0.05) is 0 Å². The van der Waals surface area contributed by atoms with Crippen molar-refractivity contribution in [1.82, 2.24) is 14.9 Å². The molecule has 0 unspecified atom stereocenters. The van der Waals surface area contributed by atoms with Crippen molar-refractivity contribution >= 4 is 28.4 Å². The number of amides is 2. The number of fused-ring (bicyclic) bond motifs is 1. The van der Waals surface area contributed by atoms with Gasteiger partial charge in [0.1, 0.15) is 17.1 Å². The van der Waals surface area contributed by atoms with E-state index in [0.717, 1.165) is 6.07 Å². The number of halogens is 2. The molecule has 0 saturated carbocycles. The molecule has 236 valence electrons. The van der Waals surface area contributed by atoms with Crippen LogP contribution in [0.4, 0.5) is 14.5 Å². The van der Waals surface area contributed by atoms with Gasteiger partial charge in [-0.05, 0) is 73.0 Å². The molecular formula is C34H30F2N4O6. The molecule has 3 aromatic carbocycles. The first-order valence-corrected chi connectivity index (χ1v) is 14.1. The van der Waals surface area contributed by atoms with Crippen LogP contribution in [0.2, 0.25) is 0 Å². The molecule has 5 rings (SSSR count). The van der Waals surface area contributed by atoms with Crippen molar-refractivity contribution in [3.8, 4) is 28.7 Å². The second kappa shape index (κ2) is 13.5. The van der Waals surface area contributed by atoms with E-state index in [1.807, 2.05) is 0 Å². The molecule has 0 spiro atoms. The van der Waals surface area contributed by atoms with Gasteiger partial charge in [-0.3, -0.25) is 23.9 Å². The van der Waals surface area contributed by atoms with Gasteiger partial charge in [0.15, 0.2) is 23.1 Å². The van der Waals surface area contributed by atoms with Crippen LogP contribution in [-0.4, -0.2) is 42.1 Å². The molecule has 5 aromatic rings. The van der Waals surface area contributed by atoms with E-state index < -0.39 is 23.1 Å². The van der Waals surface area contributed by atoms with Crippen molar-refractivity contribution in [3.63, 3.8) is 0 Å². The first-order valence-electron chi connectivity index (χ1n) is 14.1. The number of hydrogen-bond donors (Lipinski definition) is 2. The van der Waals surface area contributed by atoms with Crippen LogP contribution in [0.15, 0.2) is 77.9 Å². The quantitative estimate of drug-likeness (QED) is 0.203. The van der Waals surface area contributed by atoms with Gasteiger partial charge in [0.2, 0.25) is 5.91 Å². The summed E-state index contributed by atoms with van der Waals surface area (Å²) >= 11 is 0. The van der Waals surface area contributed by atoms with Crippen molar-refractivity contribution in [2.75, 3.05) is 26.1 Å². The SMILES string of the molecule is COc1cc2nccc(Oc3ccc(NC(=O)c4c(C)c(CCNC(C)=O)cn(-c5ccc(F)cc5)c4=O)cc3F)c2cc1OC. The molecule has 10 nitrogen and oxygen atoms in total. The van der Waals surface area contributed by atoms with E-state index in [9.17, 15) is 18.8 Å². The van der Waals surface area contributed by atoms with Gasteiger partial charge >= 0.3 is 0 Å². The fraction of sp³-hybridized carbons (Fsp3) is 0.176. The van der Waals surface area contributed by atoms with Crippen molar-refractivity contribution in [2.45, 2.75) is 20.3 Å². The summed E-state index contributed by atoms with van der Waals surface area (Å²) in [6, 6.07) is 14.0. The lowest BCUT2D eigenvalue weighted by Crippen LogP contribution is -2.31. The highest BCUT2D eigenvalue weighted by atomic mass is 19.1. The molecule has 2 amide bonds. The largest absolute Gasteiger partial charge is 0.493 e. The lowest BCUT2D eigenvalue weighted by molar-refractivity contribution is -0.118. The first kappa shape index (κ1) is 31.6. The van der Waals surface area contributed by atoms with Crippen LogP contribution in [0.3, 0.4) is 0 Å². The smallest absolute Gasteiger partial charge is 0.268 e. The van der Waals surface area contributed by atoms with Crippen molar-refractivity contribution < 1.29 is 32.6 Å². The average molecular weight is 629 g/mol. The second-order valence-corrected chi connectivity index (χ2v) is 10.3. The Morgan fingerprint density at radius 1 is 0.913 bits per heavy atom. The Kier molecular flexibility index (Phi) is 9.26. The third-order valence-corrected chi connectivity index (χ3v) is 7.29. The molecule has 0 fully saturated rings. The molecule has 0 aliphatic carbocycles. The van der Waals surface area contributed by atoms with E-state index in [2.05, 4.69) is 15.6 Å². The molecule has 2 heterocycles. The summed E-state index contributed by atoms with van der Waals surface area (Å²) in [6.07, 6.45) is 3.39. The molecule has 0 saturated heterocycles. The predicted octanol–water partition coefficient (Wildman–Crippen LogP) is 5.71. The van der Waals surface area contributed by atoms with Crippen LogP contribution in [0.5, 0.6) is 23.0 Å². The van der Waals surface area contributed by atoms with Gasteiger partial charge in [-0.15, -0.1) is 0 Å². The zero-order chi connectivity index (χ0) is 33.0. The Morgan fingerprint density at radius 3 is 2.30 bits per heavy atom. The van der Waals surface area contributed by atoms with Crippen LogP contribution in [0.1, 0.15) is 28.4 Å². The number of nitrogens with one attached hydrogen (secondary N) is 2. The minimum absolute atomic E-state index is 0.0802. The number of ether oxygens (including phenoxy) is 3. The highest BCUT2D eigenvalue weighted by Crippen LogP contribution is 2.37. The topological polar surface area (TPSA) is 121 Å². The van der Waals surface area contributed by atoms with Gasteiger partial charge in [-0.2, -0.15) is 0 Å². The number of hydrogen-bond acceptors (Lipinski definition) is 7. The van der Waals surface area contributed by atoms with E-state index in [4.69, 9.17) is 14.2 Å². The Balaban J connectivity index is 1.44. The summed E-state index contributed by atoms with van der Waals surface area (Å²) in [6.45, 7) is 3.27. The zero-order valence-corrected chi connectivity index (χ0v) is 25.4. The van der Waals surface area contributed by atoms with Gasteiger partial charge in [0.25, 0.3) is 11.5 Å². The molecule has 0 radical (unpaired) electrons. The van der Waals surface area contributed by atoms with E-state index in [0.29, 0.717) is 51.4 Å². The van der Waals surface area contributed by atoms with E-state index in [1.165, 1.54) is 68.3 Å². The molecule has 0 atom stereocenters. The highest BCUT2D eigenvalue weighted by Gasteiger charge is 2.21. The summed E-state index contributed by atoms with van der Waals surface area (Å²) < 4.78 is 46.8. The number of nitrogens with zero attached hydrogens (tertiary/aromatic N) is 2. The normalized spacial score (nSPS) is 10.8. The molecule has 0 aliphatic rings. The van der Waals surface area contributed by atoms with Crippen molar-refractivity contribution in [1.29, 1.82) is 0 Å². The maximum absolute atomic E-state index is 15.3. The number of methoxy groups -OCH3 is 2. The number of rotatable bonds is 10. The maximum atomic E-state index is 15.3. The monoisotopic (exact) mass is 628 g/mol. The molecule has 2 aromatic heterocycles. The van der Waals surface area contributed by atoms with E-state index in [-0.39, 0.29) is 29.5 Å². The number of carbonyl (C=O) groups excluding carboxylic acids is 2. The Labute approximate surface area is 262 Å². The standard InChI is InChI=1S/C34H30F2N4O6/c1-19-21(11-13-37-20(2)41)18-40(24-8-5-22(35)6-9-24)34(43)32(19)33(42)39-23-7-10-29(26(36)15-23)46-28-12-14-38-27-17-31(45-4)30(44-3)16-25(27)28/h5-10,12,14-18H,11,13H2,1-4H3,(H,37,41)(H,39,42). The van der Waals surface area contributed by atoms with E-state index in [1.54, 1.807) is 31.3 Å². The third-order valence-electron chi connectivity index (χ3n) is 7.29. The minimum Gasteiger partial charge on any atom is -0.493 e. The Bertz CT molecular complexity index is 2010. The highest BCUT2D eigenvalue weighted by molar-refractivity contribution is 6.05.